The summed E-state index contributed by atoms with van der Waals surface area (Å²) in [6.45, 7) is 3.48. The summed E-state index contributed by atoms with van der Waals surface area (Å²) in [5.74, 6) is -1.29. The molecule has 0 saturated carbocycles. The van der Waals surface area contributed by atoms with Gasteiger partial charge in [0.1, 0.15) is 5.75 Å². The largest absolute Gasteiger partial charge is 0.508 e. The number of aromatic hydroxyl groups is 1. The van der Waals surface area contributed by atoms with Crippen LogP contribution >= 0.6 is 0 Å². The second-order valence-corrected chi connectivity index (χ2v) is 4.79. The van der Waals surface area contributed by atoms with Crippen LogP contribution in [-0.4, -0.2) is 22.1 Å². The van der Waals surface area contributed by atoms with Crippen molar-refractivity contribution in [2.75, 3.05) is 5.32 Å². The van der Waals surface area contributed by atoms with Gasteiger partial charge in [-0.3, -0.25) is 4.79 Å². The number of aryl methyl sites for hydroxylation is 2. The molecule has 0 fully saturated rings. The first-order valence-corrected chi connectivity index (χ1v) is 6.33. The van der Waals surface area contributed by atoms with E-state index in [1.165, 1.54) is 24.3 Å². The number of aromatic carboxylic acids is 1. The Bertz CT molecular complexity index is 722. The summed E-state index contributed by atoms with van der Waals surface area (Å²) >= 11 is 0. The van der Waals surface area contributed by atoms with E-state index >= 15 is 0 Å². The van der Waals surface area contributed by atoms with Gasteiger partial charge in [0.05, 0.1) is 5.56 Å². The number of hydrogen-bond acceptors (Lipinski definition) is 3. The average Bonchev–Trinajstić information content (AvgIpc) is 2.43. The quantitative estimate of drug-likeness (QED) is 0.809. The summed E-state index contributed by atoms with van der Waals surface area (Å²) in [5, 5.41) is 21.1. The fraction of sp³-hybridized carbons (Fsp3) is 0.125. The Morgan fingerprint density at radius 1 is 0.952 bits per heavy atom. The number of rotatable bonds is 3. The molecule has 0 spiro atoms. The highest BCUT2D eigenvalue weighted by molar-refractivity contribution is 6.05. The van der Waals surface area contributed by atoms with E-state index in [4.69, 9.17) is 5.11 Å². The zero-order valence-electron chi connectivity index (χ0n) is 11.7. The first-order valence-electron chi connectivity index (χ1n) is 6.33. The van der Waals surface area contributed by atoms with Gasteiger partial charge in [0.2, 0.25) is 0 Å². The highest BCUT2D eigenvalue weighted by Gasteiger charge is 2.11. The van der Waals surface area contributed by atoms with E-state index in [-0.39, 0.29) is 17.2 Å². The number of amides is 1. The van der Waals surface area contributed by atoms with Gasteiger partial charge >= 0.3 is 5.97 Å². The lowest BCUT2D eigenvalue weighted by Gasteiger charge is -2.10. The van der Waals surface area contributed by atoms with Crippen molar-refractivity contribution in [1.29, 1.82) is 0 Å². The van der Waals surface area contributed by atoms with Gasteiger partial charge in [-0.1, -0.05) is 6.07 Å². The number of carboxylic acid groups (broad SMARTS) is 1. The molecule has 0 radical (unpaired) electrons. The Morgan fingerprint density at radius 3 is 2.24 bits per heavy atom. The maximum absolute atomic E-state index is 12.2. The Labute approximate surface area is 121 Å². The molecule has 0 aliphatic heterocycles. The monoisotopic (exact) mass is 285 g/mol. The summed E-state index contributed by atoms with van der Waals surface area (Å²) in [7, 11) is 0. The number of phenolic OH excluding ortho intramolecular Hbond substituents is 1. The number of hydrogen-bond donors (Lipinski definition) is 3. The molecule has 2 aromatic rings. The standard InChI is InChI=1S/C16H15NO4/c1-9-3-4-12(16(20)21)8-13(9)17-15(19)11-5-6-14(18)10(2)7-11/h3-8,18H,1-2H3,(H,17,19)(H,20,21). The van der Waals surface area contributed by atoms with Crippen molar-refractivity contribution in [3.05, 3.63) is 58.7 Å². The van der Waals surface area contributed by atoms with E-state index in [1.807, 2.05) is 0 Å². The van der Waals surface area contributed by atoms with Crippen LogP contribution in [0.15, 0.2) is 36.4 Å². The van der Waals surface area contributed by atoms with Gasteiger partial charge in [-0.15, -0.1) is 0 Å². The van der Waals surface area contributed by atoms with Crippen molar-refractivity contribution in [2.45, 2.75) is 13.8 Å². The van der Waals surface area contributed by atoms with Crippen LogP contribution in [0.5, 0.6) is 5.75 Å². The van der Waals surface area contributed by atoms with Crippen LogP contribution in [0.4, 0.5) is 5.69 Å². The number of carbonyl (C=O) groups is 2. The zero-order valence-corrected chi connectivity index (χ0v) is 11.7. The van der Waals surface area contributed by atoms with Crippen LogP contribution in [-0.2, 0) is 0 Å². The maximum atomic E-state index is 12.2. The van der Waals surface area contributed by atoms with Crippen molar-refractivity contribution >= 4 is 17.6 Å². The third-order valence-electron chi connectivity index (χ3n) is 3.19. The molecule has 21 heavy (non-hydrogen) atoms. The lowest BCUT2D eigenvalue weighted by molar-refractivity contribution is 0.0696. The van der Waals surface area contributed by atoms with Gasteiger partial charge in [0.25, 0.3) is 5.91 Å². The fourth-order valence-corrected chi connectivity index (χ4v) is 1.88. The summed E-state index contributed by atoms with van der Waals surface area (Å²) in [6.07, 6.45) is 0. The van der Waals surface area contributed by atoms with Crippen molar-refractivity contribution in [1.82, 2.24) is 0 Å². The molecule has 3 N–H and O–H groups in total. The van der Waals surface area contributed by atoms with E-state index in [2.05, 4.69) is 5.32 Å². The molecule has 0 saturated heterocycles. The van der Waals surface area contributed by atoms with Crippen molar-refractivity contribution in [2.24, 2.45) is 0 Å². The topological polar surface area (TPSA) is 86.6 Å². The normalized spacial score (nSPS) is 10.2. The molecule has 0 unspecified atom stereocenters. The number of phenols is 1. The molecule has 5 nitrogen and oxygen atoms in total. The van der Waals surface area contributed by atoms with Crippen LogP contribution in [0.3, 0.4) is 0 Å². The molecule has 0 aliphatic carbocycles. The van der Waals surface area contributed by atoms with Gasteiger partial charge in [-0.05, 0) is 55.3 Å². The molecule has 5 heteroatoms. The summed E-state index contributed by atoms with van der Waals surface area (Å²) < 4.78 is 0. The molecule has 0 heterocycles. The lowest BCUT2D eigenvalue weighted by Crippen LogP contribution is -2.13. The van der Waals surface area contributed by atoms with Gasteiger partial charge in [0, 0.05) is 11.3 Å². The minimum Gasteiger partial charge on any atom is -0.508 e. The Morgan fingerprint density at radius 2 is 1.62 bits per heavy atom. The summed E-state index contributed by atoms with van der Waals surface area (Å²) in [4.78, 5) is 23.1. The second kappa shape index (κ2) is 5.66. The SMILES string of the molecule is Cc1cc(C(=O)Nc2cc(C(=O)O)ccc2C)ccc1O. The van der Waals surface area contributed by atoms with Crippen LogP contribution in [0.2, 0.25) is 0 Å². The van der Waals surface area contributed by atoms with Crippen molar-refractivity contribution in [3.8, 4) is 5.75 Å². The minimum atomic E-state index is -1.05. The fourth-order valence-electron chi connectivity index (χ4n) is 1.88. The Kier molecular flexibility index (Phi) is 3.93. The van der Waals surface area contributed by atoms with Crippen LogP contribution in [0.1, 0.15) is 31.8 Å². The first kappa shape index (κ1) is 14.6. The summed E-state index contributed by atoms with van der Waals surface area (Å²) in [5.41, 5.74) is 2.32. The smallest absolute Gasteiger partial charge is 0.335 e. The van der Waals surface area contributed by atoms with Crippen LogP contribution in [0.25, 0.3) is 0 Å². The van der Waals surface area contributed by atoms with Gasteiger partial charge in [-0.25, -0.2) is 4.79 Å². The molecular weight excluding hydrogens is 270 g/mol. The molecule has 0 atom stereocenters. The highest BCUT2D eigenvalue weighted by atomic mass is 16.4. The molecule has 0 bridgehead atoms. The number of carbonyl (C=O) groups excluding carboxylic acids is 1. The highest BCUT2D eigenvalue weighted by Crippen LogP contribution is 2.20. The predicted molar refractivity (Wildman–Crippen MR) is 78.9 cm³/mol. The van der Waals surface area contributed by atoms with E-state index in [0.717, 1.165) is 5.56 Å². The minimum absolute atomic E-state index is 0.109. The van der Waals surface area contributed by atoms with E-state index in [0.29, 0.717) is 16.8 Å². The molecule has 2 aromatic carbocycles. The molecule has 108 valence electrons. The van der Waals surface area contributed by atoms with E-state index < -0.39 is 5.97 Å². The first-order chi connectivity index (χ1) is 9.88. The van der Waals surface area contributed by atoms with Crippen molar-refractivity contribution in [3.63, 3.8) is 0 Å². The van der Waals surface area contributed by atoms with E-state index in [9.17, 15) is 14.7 Å². The molecule has 2 rings (SSSR count). The molecular formula is C16H15NO4. The second-order valence-electron chi connectivity index (χ2n) is 4.79. The van der Waals surface area contributed by atoms with Gasteiger partial charge in [0.15, 0.2) is 0 Å². The predicted octanol–water partition coefficient (Wildman–Crippen LogP) is 2.96. The van der Waals surface area contributed by atoms with Gasteiger partial charge in [-0.2, -0.15) is 0 Å². The molecule has 0 aromatic heterocycles. The zero-order chi connectivity index (χ0) is 15.6. The van der Waals surface area contributed by atoms with Crippen LogP contribution in [0, 0.1) is 13.8 Å². The molecule has 0 aliphatic rings. The Balaban J connectivity index is 2.28. The molecule has 1 amide bonds. The lowest BCUT2D eigenvalue weighted by atomic mass is 10.1. The maximum Gasteiger partial charge on any atom is 0.335 e. The number of anilines is 1. The third-order valence-corrected chi connectivity index (χ3v) is 3.19. The van der Waals surface area contributed by atoms with Gasteiger partial charge < -0.3 is 15.5 Å². The van der Waals surface area contributed by atoms with Crippen molar-refractivity contribution < 1.29 is 19.8 Å². The number of benzene rings is 2. The number of nitrogens with one attached hydrogen (secondary N) is 1. The summed E-state index contributed by atoms with van der Waals surface area (Å²) in [6, 6.07) is 9.07. The van der Waals surface area contributed by atoms with E-state index in [1.54, 1.807) is 26.0 Å². The third kappa shape index (κ3) is 3.20. The average molecular weight is 285 g/mol. The number of carboxylic acids is 1. The van der Waals surface area contributed by atoms with Crippen LogP contribution < -0.4 is 5.32 Å². The Hall–Kier alpha value is -2.82.